The summed E-state index contributed by atoms with van der Waals surface area (Å²) in [4.78, 5) is 2.04. The lowest BCUT2D eigenvalue weighted by Crippen LogP contribution is -2.15. The predicted octanol–water partition coefficient (Wildman–Crippen LogP) is 3.37. The van der Waals surface area contributed by atoms with Crippen molar-refractivity contribution in [1.29, 1.82) is 5.26 Å². The number of fused-ring (bicyclic) bond motifs is 1. The van der Waals surface area contributed by atoms with Gasteiger partial charge in [0.25, 0.3) is 0 Å². The van der Waals surface area contributed by atoms with Gasteiger partial charge in [-0.15, -0.1) is 0 Å². The fourth-order valence-corrected chi connectivity index (χ4v) is 2.71. The van der Waals surface area contributed by atoms with E-state index in [2.05, 4.69) is 12.1 Å². The highest BCUT2D eigenvalue weighted by molar-refractivity contribution is 5.49. The maximum absolute atomic E-state index is 9.59. The first kappa shape index (κ1) is 15.2. The van der Waals surface area contributed by atoms with Crippen LogP contribution in [0.1, 0.15) is 17.0 Å². The molecule has 1 atom stereocenters. The van der Waals surface area contributed by atoms with E-state index < -0.39 is 0 Å². The maximum atomic E-state index is 9.59. The fraction of sp³-hybridized carbons (Fsp3) is 0.316. The molecular formula is C19H20N2O2. The normalized spacial score (nSPS) is 14.0. The van der Waals surface area contributed by atoms with E-state index in [0.29, 0.717) is 19.6 Å². The lowest BCUT2D eigenvalue weighted by molar-refractivity contribution is 0.171. The summed E-state index contributed by atoms with van der Waals surface area (Å²) in [5.74, 6) is 1.37. The number of rotatable bonds is 4. The summed E-state index contributed by atoms with van der Waals surface area (Å²) in [7, 11) is 4.00. The van der Waals surface area contributed by atoms with Crippen LogP contribution in [0.5, 0.6) is 11.5 Å². The van der Waals surface area contributed by atoms with Gasteiger partial charge in [-0.1, -0.05) is 18.2 Å². The lowest BCUT2D eigenvalue weighted by Gasteiger charge is -2.20. The van der Waals surface area contributed by atoms with Gasteiger partial charge in [-0.05, 0) is 41.8 Å². The van der Waals surface area contributed by atoms with Gasteiger partial charge in [0.05, 0.1) is 12.0 Å². The van der Waals surface area contributed by atoms with Gasteiger partial charge >= 0.3 is 0 Å². The Labute approximate surface area is 136 Å². The van der Waals surface area contributed by atoms with Crippen molar-refractivity contribution < 1.29 is 9.47 Å². The molecule has 0 radical (unpaired) electrons. The standard InChI is InChI=1S/C19H20N2O2/c1-21(2)17-5-3-4-15(12-17)16(13-20)10-14-6-7-18-19(11-14)23-9-8-22-18/h3-7,11-12,16H,8-10H2,1-2H3. The van der Waals surface area contributed by atoms with Gasteiger partial charge in [-0.3, -0.25) is 0 Å². The van der Waals surface area contributed by atoms with Gasteiger partial charge in [0, 0.05) is 19.8 Å². The maximum Gasteiger partial charge on any atom is 0.161 e. The van der Waals surface area contributed by atoms with E-state index >= 15 is 0 Å². The second-order valence-electron chi connectivity index (χ2n) is 5.85. The zero-order valence-electron chi connectivity index (χ0n) is 13.5. The Hall–Kier alpha value is -2.67. The van der Waals surface area contributed by atoms with Crippen LogP contribution in [0.4, 0.5) is 5.69 Å². The molecule has 1 aliphatic rings. The van der Waals surface area contributed by atoms with Crippen LogP contribution in [0.25, 0.3) is 0 Å². The van der Waals surface area contributed by atoms with Crippen LogP contribution in [0.3, 0.4) is 0 Å². The number of ether oxygens (including phenoxy) is 2. The number of anilines is 1. The Kier molecular flexibility index (Phi) is 4.38. The fourth-order valence-electron chi connectivity index (χ4n) is 2.71. The minimum atomic E-state index is -0.183. The van der Waals surface area contributed by atoms with E-state index in [1.165, 1.54) is 0 Å². The van der Waals surface area contributed by atoms with E-state index in [9.17, 15) is 5.26 Å². The number of hydrogen-bond acceptors (Lipinski definition) is 4. The molecule has 0 amide bonds. The van der Waals surface area contributed by atoms with Crippen molar-refractivity contribution in [1.82, 2.24) is 0 Å². The first-order valence-corrected chi connectivity index (χ1v) is 7.73. The molecule has 2 aromatic carbocycles. The van der Waals surface area contributed by atoms with Crippen LogP contribution in [0.15, 0.2) is 42.5 Å². The summed E-state index contributed by atoms with van der Waals surface area (Å²) in [6, 6.07) is 16.5. The smallest absolute Gasteiger partial charge is 0.161 e. The van der Waals surface area contributed by atoms with Crippen molar-refractivity contribution >= 4 is 5.69 Å². The van der Waals surface area contributed by atoms with Crippen molar-refractivity contribution in [2.24, 2.45) is 0 Å². The van der Waals surface area contributed by atoms with Crippen LogP contribution in [0, 0.1) is 11.3 Å². The second-order valence-corrected chi connectivity index (χ2v) is 5.85. The Morgan fingerprint density at radius 3 is 2.61 bits per heavy atom. The summed E-state index contributed by atoms with van der Waals surface area (Å²) < 4.78 is 11.2. The third kappa shape index (κ3) is 3.40. The van der Waals surface area contributed by atoms with Crippen LogP contribution in [-0.2, 0) is 6.42 Å². The van der Waals surface area contributed by atoms with Crippen molar-refractivity contribution in [2.75, 3.05) is 32.2 Å². The average Bonchev–Trinajstić information content (AvgIpc) is 2.59. The van der Waals surface area contributed by atoms with E-state index in [-0.39, 0.29) is 5.92 Å². The third-order valence-corrected chi connectivity index (χ3v) is 3.99. The minimum absolute atomic E-state index is 0.183. The molecule has 0 bridgehead atoms. The van der Waals surface area contributed by atoms with E-state index in [1.807, 2.05) is 55.4 Å². The van der Waals surface area contributed by atoms with Crippen molar-refractivity contribution in [2.45, 2.75) is 12.3 Å². The van der Waals surface area contributed by atoms with Crippen molar-refractivity contribution in [3.8, 4) is 17.6 Å². The van der Waals surface area contributed by atoms with Crippen molar-refractivity contribution in [3.63, 3.8) is 0 Å². The van der Waals surface area contributed by atoms with Crippen LogP contribution in [0.2, 0.25) is 0 Å². The molecule has 0 fully saturated rings. The molecule has 0 aliphatic carbocycles. The summed E-state index contributed by atoms with van der Waals surface area (Å²) in [6.45, 7) is 1.16. The number of benzene rings is 2. The zero-order valence-corrected chi connectivity index (χ0v) is 13.5. The Balaban J connectivity index is 1.82. The summed E-state index contributed by atoms with van der Waals surface area (Å²) in [6.07, 6.45) is 0.657. The first-order valence-electron chi connectivity index (χ1n) is 7.73. The van der Waals surface area contributed by atoms with Gasteiger partial charge in [0.15, 0.2) is 11.5 Å². The average molecular weight is 308 g/mol. The van der Waals surface area contributed by atoms with E-state index in [1.54, 1.807) is 0 Å². The van der Waals surface area contributed by atoms with Gasteiger partial charge in [-0.2, -0.15) is 5.26 Å². The monoisotopic (exact) mass is 308 g/mol. The highest BCUT2D eigenvalue weighted by Crippen LogP contribution is 2.32. The highest BCUT2D eigenvalue weighted by Gasteiger charge is 2.16. The van der Waals surface area contributed by atoms with Crippen LogP contribution < -0.4 is 14.4 Å². The predicted molar refractivity (Wildman–Crippen MR) is 90.3 cm³/mol. The quantitative estimate of drug-likeness (QED) is 0.868. The zero-order chi connectivity index (χ0) is 16.2. The van der Waals surface area contributed by atoms with Crippen LogP contribution >= 0.6 is 0 Å². The molecule has 2 aromatic rings. The third-order valence-electron chi connectivity index (χ3n) is 3.99. The van der Waals surface area contributed by atoms with Gasteiger partial charge in [0.1, 0.15) is 13.2 Å². The molecule has 4 heteroatoms. The number of nitriles is 1. The Morgan fingerprint density at radius 1 is 1.09 bits per heavy atom. The second kappa shape index (κ2) is 6.62. The van der Waals surface area contributed by atoms with E-state index in [0.717, 1.165) is 28.3 Å². The molecule has 0 saturated heterocycles. The molecule has 3 rings (SSSR count). The summed E-state index contributed by atoms with van der Waals surface area (Å²) in [5.41, 5.74) is 3.22. The summed E-state index contributed by atoms with van der Waals surface area (Å²) in [5, 5.41) is 9.59. The largest absolute Gasteiger partial charge is 0.486 e. The molecule has 0 spiro atoms. The number of nitrogens with zero attached hydrogens (tertiary/aromatic N) is 2. The SMILES string of the molecule is CN(C)c1cccc(C(C#N)Cc2ccc3c(c2)OCCO3)c1. The van der Waals surface area contributed by atoms with Crippen molar-refractivity contribution in [3.05, 3.63) is 53.6 Å². The van der Waals surface area contributed by atoms with Crippen LogP contribution in [-0.4, -0.2) is 27.3 Å². The van der Waals surface area contributed by atoms with Gasteiger partial charge in [0.2, 0.25) is 0 Å². The van der Waals surface area contributed by atoms with E-state index in [4.69, 9.17) is 9.47 Å². The Bertz CT molecular complexity index is 734. The molecular weight excluding hydrogens is 288 g/mol. The molecule has 23 heavy (non-hydrogen) atoms. The molecule has 1 heterocycles. The highest BCUT2D eigenvalue weighted by atomic mass is 16.6. The van der Waals surface area contributed by atoms with Gasteiger partial charge in [-0.25, -0.2) is 0 Å². The molecule has 0 N–H and O–H groups in total. The number of hydrogen-bond donors (Lipinski definition) is 0. The van der Waals surface area contributed by atoms with Gasteiger partial charge < -0.3 is 14.4 Å². The molecule has 1 unspecified atom stereocenters. The first-order chi connectivity index (χ1) is 11.2. The lowest BCUT2D eigenvalue weighted by atomic mass is 9.92. The molecule has 4 nitrogen and oxygen atoms in total. The topological polar surface area (TPSA) is 45.5 Å². The molecule has 0 aromatic heterocycles. The molecule has 118 valence electrons. The molecule has 0 saturated carbocycles. The minimum Gasteiger partial charge on any atom is -0.486 e. The summed E-state index contributed by atoms with van der Waals surface area (Å²) >= 11 is 0. The Morgan fingerprint density at radius 2 is 1.87 bits per heavy atom. The molecule has 1 aliphatic heterocycles.